The summed E-state index contributed by atoms with van der Waals surface area (Å²) in [6.45, 7) is 4.68. The SMILES string of the molecule is CCn1c(SCC(=O)NC2CCCCCC2)nnc1C(C)Oc1cccc(Cl)c1. The average Bonchev–Trinajstić information content (AvgIpc) is 2.94. The third-order valence-electron chi connectivity index (χ3n) is 5.09. The molecule has 0 spiro atoms. The first-order chi connectivity index (χ1) is 14.1. The molecule has 1 aliphatic rings. The van der Waals surface area contributed by atoms with Gasteiger partial charge in [-0.3, -0.25) is 4.79 Å². The van der Waals surface area contributed by atoms with E-state index >= 15 is 0 Å². The summed E-state index contributed by atoms with van der Waals surface area (Å²) < 4.78 is 7.98. The van der Waals surface area contributed by atoms with Crippen molar-refractivity contribution in [1.29, 1.82) is 0 Å². The number of ether oxygens (including phenoxy) is 1. The molecule has 3 rings (SSSR count). The van der Waals surface area contributed by atoms with Crippen LogP contribution in [0, 0.1) is 0 Å². The number of aromatic nitrogens is 3. The van der Waals surface area contributed by atoms with Crippen molar-refractivity contribution in [3.8, 4) is 5.75 Å². The molecular formula is C21H29ClN4O2S. The summed E-state index contributed by atoms with van der Waals surface area (Å²) in [5.74, 6) is 1.84. The van der Waals surface area contributed by atoms with Crippen molar-refractivity contribution in [2.45, 2.75) is 76.2 Å². The highest BCUT2D eigenvalue weighted by Gasteiger charge is 2.20. The molecule has 1 unspecified atom stereocenters. The number of rotatable bonds is 8. The molecule has 0 saturated heterocycles. The van der Waals surface area contributed by atoms with Gasteiger partial charge in [0, 0.05) is 17.6 Å². The van der Waals surface area contributed by atoms with Crippen molar-refractivity contribution in [3.63, 3.8) is 0 Å². The molecule has 1 aliphatic carbocycles. The molecule has 8 heteroatoms. The summed E-state index contributed by atoms with van der Waals surface area (Å²) in [6.07, 6.45) is 6.85. The number of halogens is 1. The van der Waals surface area contributed by atoms with E-state index in [0.29, 0.717) is 29.1 Å². The first-order valence-electron chi connectivity index (χ1n) is 10.3. The Balaban J connectivity index is 1.57. The molecule has 1 atom stereocenters. The van der Waals surface area contributed by atoms with Gasteiger partial charge in [-0.25, -0.2) is 0 Å². The van der Waals surface area contributed by atoms with Gasteiger partial charge < -0.3 is 14.6 Å². The Hall–Kier alpha value is -1.73. The number of hydrogen-bond donors (Lipinski definition) is 1. The lowest BCUT2D eigenvalue weighted by atomic mass is 10.1. The van der Waals surface area contributed by atoms with E-state index < -0.39 is 0 Å². The molecule has 1 heterocycles. The van der Waals surface area contributed by atoms with Crippen LogP contribution in [0.2, 0.25) is 5.02 Å². The van der Waals surface area contributed by atoms with E-state index in [2.05, 4.69) is 15.5 Å². The molecule has 2 aromatic rings. The maximum absolute atomic E-state index is 12.4. The number of thioether (sulfide) groups is 1. The smallest absolute Gasteiger partial charge is 0.230 e. The Morgan fingerprint density at radius 2 is 2.07 bits per heavy atom. The molecule has 0 aliphatic heterocycles. The monoisotopic (exact) mass is 436 g/mol. The largest absolute Gasteiger partial charge is 0.483 e. The quantitative estimate of drug-likeness (QED) is 0.464. The fourth-order valence-electron chi connectivity index (χ4n) is 3.63. The molecule has 1 N–H and O–H groups in total. The van der Waals surface area contributed by atoms with Crippen LogP contribution in [0.25, 0.3) is 0 Å². The van der Waals surface area contributed by atoms with Crippen LogP contribution in [0.1, 0.15) is 64.3 Å². The van der Waals surface area contributed by atoms with Gasteiger partial charge in [0.2, 0.25) is 5.91 Å². The highest BCUT2D eigenvalue weighted by molar-refractivity contribution is 7.99. The van der Waals surface area contributed by atoms with Gasteiger partial charge in [-0.1, -0.05) is 55.1 Å². The zero-order valence-electron chi connectivity index (χ0n) is 17.1. The van der Waals surface area contributed by atoms with Gasteiger partial charge in [-0.2, -0.15) is 0 Å². The van der Waals surface area contributed by atoms with E-state index in [-0.39, 0.29) is 12.0 Å². The van der Waals surface area contributed by atoms with Crippen LogP contribution >= 0.6 is 23.4 Å². The molecule has 1 fully saturated rings. The number of carbonyl (C=O) groups is 1. The summed E-state index contributed by atoms with van der Waals surface area (Å²) in [5, 5.41) is 13.1. The van der Waals surface area contributed by atoms with Crippen LogP contribution in [0.15, 0.2) is 29.4 Å². The summed E-state index contributed by atoms with van der Waals surface area (Å²) in [4.78, 5) is 12.4. The summed E-state index contributed by atoms with van der Waals surface area (Å²) in [7, 11) is 0. The topological polar surface area (TPSA) is 69.0 Å². The molecule has 0 bridgehead atoms. The fraction of sp³-hybridized carbons (Fsp3) is 0.571. The Bertz CT molecular complexity index is 806. The number of amides is 1. The van der Waals surface area contributed by atoms with Crippen LogP contribution in [-0.2, 0) is 11.3 Å². The molecule has 0 radical (unpaired) electrons. The molecule has 1 amide bonds. The van der Waals surface area contributed by atoms with Gasteiger partial charge in [0.1, 0.15) is 5.75 Å². The zero-order chi connectivity index (χ0) is 20.6. The van der Waals surface area contributed by atoms with Gasteiger partial charge in [-0.05, 0) is 44.9 Å². The fourth-order valence-corrected chi connectivity index (χ4v) is 4.63. The normalized spacial score (nSPS) is 16.2. The van der Waals surface area contributed by atoms with Crippen LogP contribution in [0.4, 0.5) is 0 Å². The predicted molar refractivity (Wildman–Crippen MR) is 117 cm³/mol. The van der Waals surface area contributed by atoms with E-state index in [1.165, 1.54) is 37.4 Å². The second kappa shape index (κ2) is 10.9. The predicted octanol–water partition coefficient (Wildman–Crippen LogP) is 5.02. The van der Waals surface area contributed by atoms with E-state index in [4.69, 9.17) is 16.3 Å². The number of hydrogen-bond acceptors (Lipinski definition) is 5. The lowest BCUT2D eigenvalue weighted by Gasteiger charge is -2.17. The van der Waals surface area contributed by atoms with Gasteiger partial charge >= 0.3 is 0 Å². The van der Waals surface area contributed by atoms with Crippen molar-refractivity contribution in [1.82, 2.24) is 20.1 Å². The number of nitrogens with zero attached hydrogens (tertiary/aromatic N) is 3. The van der Waals surface area contributed by atoms with E-state index in [1.807, 2.05) is 36.6 Å². The van der Waals surface area contributed by atoms with Crippen LogP contribution in [0.3, 0.4) is 0 Å². The Morgan fingerprint density at radius 1 is 1.31 bits per heavy atom. The van der Waals surface area contributed by atoms with Crippen LogP contribution < -0.4 is 10.1 Å². The second-order valence-corrected chi connectivity index (χ2v) is 8.73. The maximum atomic E-state index is 12.4. The molecule has 6 nitrogen and oxygen atoms in total. The highest BCUT2D eigenvalue weighted by Crippen LogP contribution is 2.26. The molecule has 1 aromatic heterocycles. The first-order valence-corrected chi connectivity index (χ1v) is 11.7. The lowest BCUT2D eigenvalue weighted by molar-refractivity contribution is -0.119. The van der Waals surface area contributed by atoms with Gasteiger partial charge in [-0.15, -0.1) is 10.2 Å². The molecule has 1 saturated carbocycles. The Morgan fingerprint density at radius 3 is 2.76 bits per heavy atom. The minimum atomic E-state index is -0.282. The summed E-state index contributed by atoms with van der Waals surface area (Å²) in [6, 6.07) is 7.61. The molecule has 29 heavy (non-hydrogen) atoms. The van der Waals surface area contributed by atoms with E-state index in [1.54, 1.807) is 6.07 Å². The zero-order valence-corrected chi connectivity index (χ0v) is 18.6. The van der Waals surface area contributed by atoms with Gasteiger partial charge in [0.15, 0.2) is 17.1 Å². The minimum Gasteiger partial charge on any atom is -0.483 e. The third kappa shape index (κ3) is 6.37. The van der Waals surface area contributed by atoms with Crippen molar-refractivity contribution < 1.29 is 9.53 Å². The van der Waals surface area contributed by atoms with Crippen LogP contribution in [-0.4, -0.2) is 32.5 Å². The summed E-state index contributed by atoms with van der Waals surface area (Å²) in [5.41, 5.74) is 0. The maximum Gasteiger partial charge on any atom is 0.230 e. The molecule has 158 valence electrons. The highest BCUT2D eigenvalue weighted by atomic mass is 35.5. The van der Waals surface area contributed by atoms with E-state index in [0.717, 1.165) is 23.8 Å². The average molecular weight is 437 g/mol. The number of benzene rings is 1. The van der Waals surface area contributed by atoms with Gasteiger partial charge in [0.05, 0.1) is 5.75 Å². The minimum absolute atomic E-state index is 0.0670. The van der Waals surface area contributed by atoms with Crippen LogP contribution in [0.5, 0.6) is 5.75 Å². The molecular weight excluding hydrogens is 408 g/mol. The number of nitrogens with one attached hydrogen (secondary N) is 1. The third-order valence-corrected chi connectivity index (χ3v) is 6.29. The summed E-state index contributed by atoms with van der Waals surface area (Å²) >= 11 is 7.45. The van der Waals surface area contributed by atoms with Crippen molar-refractivity contribution in [3.05, 3.63) is 35.1 Å². The van der Waals surface area contributed by atoms with E-state index in [9.17, 15) is 4.79 Å². The number of carbonyl (C=O) groups excluding carboxylic acids is 1. The van der Waals surface area contributed by atoms with Crippen molar-refractivity contribution >= 4 is 29.3 Å². The molecule has 1 aromatic carbocycles. The standard InChI is InChI=1S/C21H29ClN4O2S/c1-3-26-20(15(2)28-18-12-8-9-16(22)13-18)24-25-21(26)29-14-19(27)23-17-10-6-4-5-7-11-17/h8-9,12-13,15,17H,3-7,10-11,14H2,1-2H3,(H,23,27). The lowest BCUT2D eigenvalue weighted by Crippen LogP contribution is -2.35. The van der Waals surface area contributed by atoms with Gasteiger partial charge in [0.25, 0.3) is 0 Å². The Labute approximate surface area is 181 Å². The first kappa shape index (κ1) is 22.0. The second-order valence-electron chi connectivity index (χ2n) is 7.35. The van der Waals surface area contributed by atoms with Crippen molar-refractivity contribution in [2.24, 2.45) is 0 Å². The Kier molecular flexibility index (Phi) is 8.24. The van der Waals surface area contributed by atoms with Crippen molar-refractivity contribution in [2.75, 3.05) is 5.75 Å².